The predicted octanol–water partition coefficient (Wildman–Crippen LogP) is 5.84. The lowest BCUT2D eigenvalue weighted by molar-refractivity contribution is -0.137. The van der Waals surface area contributed by atoms with Gasteiger partial charge in [0.2, 0.25) is 0 Å². The summed E-state index contributed by atoms with van der Waals surface area (Å²) in [6, 6.07) is 12.1. The predicted molar refractivity (Wildman–Crippen MR) is 119 cm³/mol. The van der Waals surface area contributed by atoms with E-state index in [9.17, 15) is 31.1 Å². The van der Waals surface area contributed by atoms with Crippen LogP contribution in [0.3, 0.4) is 0 Å². The van der Waals surface area contributed by atoms with Crippen molar-refractivity contribution < 1.29 is 26.3 Å². The zero-order chi connectivity index (χ0) is 26.1. The maximum absolute atomic E-state index is 13.4. The first-order chi connectivity index (χ1) is 16.9. The normalized spacial score (nSPS) is 12.2. The van der Waals surface area contributed by atoms with Crippen LogP contribution in [0, 0.1) is 0 Å². The first kappa shape index (κ1) is 25.4. The topological polar surface area (TPSA) is 65.6 Å². The molecule has 2 aromatic carbocycles. The Morgan fingerprint density at radius 2 is 1.61 bits per heavy atom. The Kier molecular flexibility index (Phi) is 6.90. The van der Waals surface area contributed by atoms with Crippen LogP contribution in [0.2, 0.25) is 5.02 Å². The van der Waals surface area contributed by atoms with E-state index in [1.165, 1.54) is 48.5 Å². The molecule has 0 aliphatic carbocycles. The monoisotopic (exact) mass is 527 g/mol. The third-order valence-electron chi connectivity index (χ3n) is 5.19. The highest BCUT2D eigenvalue weighted by molar-refractivity contribution is 6.30. The van der Waals surface area contributed by atoms with Gasteiger partial charge >= 0.3 is 18.0 Å². The minimum atomic E-state index is -4.62. The first-order valence-electron chi connectivity index (χ1n) is 10.4. The Hall–Kier alpha value is -3.67. The van der Waals surface area contributed by atoms with E-state index in [4.69, 9.17) is 11.6 Å². The number of alkyl halides is 6. The van der Waals surface area contributed by atoms with Gasteiger partial charge in [0.15, 0.2) is 5.82 Å². The minimum Gasteiger partial charge on any atom is -0.275 e. The Morgan fingerprint density at radius 3 is 2.28 bits per heavy atom. The molecule has 0 spiro atoms. The van der Waals surface area contributed by atoms with E-state index in [0.29, 0.717) is 10.6 Å². The molecule has 0 fully saturated rings. The molecule has 0 saturated heterocycles. The molecular formula is C23H16ClF6N5O. The lowest BCUT2D eigenvalue weighted by Crippen LogP contribution is -2.27. The second-order valence-electron chi connectivity index (χ2n) is 7.73. The molecule has 4 rings (SSSR count). The standard InChI is InChI=1S/C23H16ClF6N5O/c24-15-7-5-14(6-8-15)20-33-35(21(36)34(20)10-9-22(25,26)27)12-16-11-19(32-13-31-16)17-3-1-2-4-18(17)23(28,29)30/h1-8,11,13H,9-10,12H2. The van der Waals surface area contributed by atoms with Gasteiger partial charge in [0.1, 0.15) is 6.33 Å². The third-order valence-corrected chi connectivity index (χ3v) is 5.44. The number of nitrogens with zero attached hydrogens (tertiary/aromatic N) is 5. The van der Waals surface area contributed by atoms with E-state index in [1.54, 1.807) is 0 Å². The van der Waals surface area contributed by atoms with E-state index < -0.39 is 36.6 Å². The molecule has 0 atom stereocenters. The van der Waals surface area contributed by atoms with Crippen molar-refractivity contribution in [1.29, 1.82) is 0 Å². The fourth-order valence-corrected chi connectivity index (χ4v) is 3.66. The molecule has 0 unspecified atom stereocenters. The van der Waals surface area contributed by atoms with Crippen LogP contribution in [0.4, 0.5) is 26.3 Å². The molecule has 6 nitrogen and oxygen atoms in total. The van der Waals surface area contributed by atoms with Crippen LogP contribution in [0.15, 0.2) is 65.7 Å². The molecule has 0 aliphatic heterocycles. The van der Waals surface area contributed by atoms with Gasteiger partial charge in [0, 0.05) is 22.7 Å². The average molecular weight is 528 g/mol. The highest BCUT2D eigenvalue weighted by Gasteiger charge is 2.34. The van der Waals surface area contributed by atoms with Crippen LogP contribution in [0.1, 0.15) is 17.7 Å². The quantitative estimate of drug-likeness (QED) is 0.295. The highest BCUT2D eigenvalue weighted by atomic mass is 35.5. The van der Waals surface area contributed by atoms with E-state index in [-0.39, 0.29) is 29.3 Å². The Morgan fingerprint density at radius 1 is 0.917 bits per heavy atom. The molecule has 0 bridgehead atoms. The molecule has 4 aromatic rings. The number of benzene rings is 2. The summed E-state index contributed by atoms with van der Waals surface area (Å²) in [7, 11) is 0. The summed E-state index contributed by atoms with van der Waals surface area (Å²) in [6.45, 7) is -0.976. The first-order valence-corrected chi connectivity index (χ1v) is 10.8. The fourth-order valence-electron chi connectivity index (χ4n) is 3.54. The van der Waals surface area contributed by atoms with E-state index >= 15 is 0 Å². The molecule has 2 aromatic heterocycles. The summed E-state index contributed by atoms with van der Waals surface area (Å²) >= 11 is 5.88. The molecule has 2 heterocycles. The maximum Gasteiger partial charge on any atom is 0.417 e. The van der Waals surface area contributed by atoms with Gasteiger partial charge in [0.25, 0.3) is 0 Å². The molecule has 0 saturated carbocycles. The Labute approximate surface area is 204 Å². The van der Waals surface area contributed by atoms with E-state index in [2.05, 4.69) is 15.1 Å². The molecule has 188 valence electrons. The van der Waals surface area contributed by atoms with Crippen molar-refractivity contribution in [2.24, 2.45) is 0 Å². The van der Waals surface area contributed by atoms with Crippen molar-refractivity contribution in [3.05, 3.63) is 87.7 Å². The SMILES string of the molecule is O=c1n(Cc2cc(-c3ccccc3C(F)(F)F)ncn2)nc(-c2ccc(Cl)cc2)n1CCC(F)(F)F. The van der Waals surface area contributed by atoms with Crippen molar-refractivity contribution in [3.63, 3.8) is 0 Å². The molecule has 0 radical (unpaired) electrons. The molecule has 0 N–H and O–H groups in total. The minimum absolute atomic E-state index is 0.0161. The van der Waals surface area contributed by atoms with Crippen molar-refractivity contribution >= 4 is 11.6 Å². The summed E-state index contributed by atoms with van der Waals surface area (Å²) in [5.74, 6) is -0.0161. The number of aromatic nitrogens is 5. The second kappa shape index (κ2) is 9.76. The largest absolute Gasteiger partial charge is 0.417 e. The lowest BCUT2D eigenvalue weighted by atomic mass is 10.0. The Bertz CT molecular complexity index is 1430. The van der Waals surface area contributed by atoms with Gasteiger partial charge in [0.05, 0.1) is 29.9 Å². The van der Waals surface area contributed by atoms with Gasteiger partial charge in [-0.25, -0.2) is 19.4 Å². The van der Waals surface area contributed by atoms with Gasteiger partial charge in [-0.1, -0.05) is 29.8 Å². The lowest BCUT2D eigenvalue weighted by Gasteiger charge is -2.12. The van der Waals surface area contributed by atoms with Crippen LogP contribution in [-0.2, 0) is 19.3 Å². The van der Waals surface area contributed by atoms with Gasteiger partial charge in [-0.2, -0.15) is 26.3 Å². The maximum atomic E-state index is 13.4. The van der Waals surface area contributed by atoms with Crippen molar-refractivity contribution in [2.75, 3.05) is 0 Å². The van der Waals surface area contributed by atoms with Gasteiger partial charge < -0.3 is 0 Å². The average Bonchev–Trinajstić information content (AvgIpc) is 3.12. The van der Waals surface area contributed by atoms with Crippen molar-refractivity contribution in [2.45, 2.75) is 31.9 Å². The van der Waals surface area contributed by atoms with E-state index in [0.717, 1.165) is 21.6 Å². The van der Waals surface area contributed by atoms with Gasteiger partial charge in [-0.15, -0.1) is 5.10 Å². The van der Waals surface area contributed by atoms with Crippen LogP contribution in [0.5, 0.6) is 0 Å². The molecular weight excluding hydrogens is 512 g/mol. The summed E-state index contributed by atoms with van der Waals surface area (Å²) in [4.78, 5) is 20.9. The Balaban J connectivity index is 1.72. The second-order valence-corrected chi connectivity index (χ2v) is 8.16. The van der Waals surface area contributed by atoms with Crippen molar-refractivity contribution in [1.82, 2.24) is 24.3 Å². The fraction of sp³-hybridized carbons (Fsp3) is 0.217. The molecule has 0 aliphatic rings. The number of halogens is 7. The number of rotatable bonds is 6. The van der Waals surface area contributed by atoms with Crippen LogP contribution in [0.25, 0.3) is 22.6 Å². The van der Waals surface area contributed by atoms with Crippen LogP contribution >= 0.6 is 11.6 Å². The van der Waals surface area contributed by atoms with Gasteiger partial charge in [-0.3, -0.25) is 4.57 Å². The molecule has 36 heavy (non-hydrogen) atoms. The number of hydrogen-bond acceptors (Lipinski definition) is 4. The van der Waals surface area contributed by atoms with Crippen molar-refractivity contribution in [3.8, 4) is 22.6 Å². The third kappa shape index (κ3) is 5.76. The summed E-state index contributed by atoms with van der Waals surface area (Å²) < 4.78 is 80.7. The summed E-state index contributed by atoms with van der Waals surface area (Å²) in [5.41, 5.74) is -1.44. The van der Waals surface area contributed by atoms with E-state index in [1.807, 2.05) is 0 Å². The summed E-state index contributed by atoms with van der Waals surface area (Å²) in [6.07, 6.45) is -9.34. The smallest absolute Gasteiger partial charge is 0.275 e. The van der Waals surface area contributed by atoms with Crippen LogP contribution in [-0.4, -0.2) is 30.5 Å². The molecule has 0 amide bonds. The zero-order valence-corrected chi connectivity index (χ0v) is 18.9. The molecule has 13 heteroatoms. The number of hydrogen-bond donors (Lipinski definition) is 0. The summed E-state index contributed by atoms with van der Waals surface area (Å²) in [5, 5.41) is 4.57. The van der Waals surface area contributed by atoms with Crippen LogP contribution < -0.4 is 5.69 Å². The van der Waals surface area contributed by atoms with Gasteiger partial charge in [-0.05, 0) is 36.4 Å². The zero-order valence-electron chi connectivity index (χ0n) is 18.2. The highest BCUT2D eigenvalue weighted by Crippen LogP contribution is 2.36.